The molecule has 1 aliphatic rings. The van der Waals surface area contributed by atoms with Gasteiger partial charge in [0.25, 0.3) is 0 Å². The Hall–Kier alpha value is -1.80. The van der Waals surface area contributed by atoms with Gasteiger partial charge in [0.05, 0.1) is 5.56 Å². The number of likely N-dealkylation sites (N-methyl/N-ethyl adjacent to an activating group) is 1. The summed E-state index contributed by atoms with van der Waals surface area (Å²) in [7, 11) is 0. The Bertz CT molecular complexity index is 890. The number of hydrogen-bond donors (Lipinski definition) is 0. The molecule has 1 aliphatic carbocycles. The lowest BCUT2D eigenvalue weighted by Crippen LogP contribution is -2.33. The van der Waals surface area contributed by atoms with Gasteiger partial charge in [-0.2, -0.15) is 18.2 Å². The van der Waals surface area contributed by atoms with Gasteiger partial charge in [0.1, 0.15) is 5.03 Å². The second-order valence-electron chi connectivity index (χ2n) is 7.14. The van der Waals surface area contributed by atoms with Gasteiger partial charge in [-0.3, -0.25) is 4.57 Å². The number of alkyl halides is 3. The molecule has 29 heavy (non-hydrogen) atoms. The Morgan fingerprint density at radius 1 is 1.14 bits per heavy atom. The molecule has 0 saturated heterocycles. The van der Waals surface area contributed by atoms with Crippen molar-refractivity contribution in [1.29, 1.82) is 0 Å². The van der Waals surface area contributed by atoms with Gasteiger partial charge >= 0.3 is 11.9 Å². The third-order valence-corrected chi connectivity index (χ3v) is 6.48. The van der Waals surface area contributed by atoms with Gasteiger partial charge in [0, 0.05) is 30.1 Å². The summed E-state index contributed by atoms with van der Waals surface area (Å²) in [6, 6.07) is 5.17. The first-order chi connectivity index (χ1) is 13.8. The molecule has 0 saturated carbocycles. The molecule has 1 aromatic carbocycles. The minimum atomic E-state index is -4.33. The van der Waals surface area contributed by atoms with Gasteiger partial charge in [-0.15, -0.1) is 11.8 Å². The van der Waals surface area contributed by atoms with E-state index in [0.717, 1.165) is 72.9 Å². The predicted octanol–water partition coefficient (Wildman–Crippen LogP) is 4.38. The molecule has 0 bridgehead atoms. The number of aromatic nitrogens is 2. The zero-order chi connectivity index (χ0) is 21.0. The SMILES string of the molecule is CCN(CC)CCn1c2c(c(SCc3ccc(C(F)(F)F)cc3)nc1=O)CCC2. The molecule has 1 heterocycles. The zero-order valence-corrected chi connectivity index (χ0v) is 17.6. The Balaban J connectivity index is 1.75. The van der Waals surface area contributed by atoms with Crippen LogP contribution in [0.3, 0.4) is 0 Å². The van der Waals surface area contributed by atoms with Crippen LogP contribution in [0.4, 0.5) is 13.2 Å². The van der Waals surface area contributed by atoms with Crippen molar-refractivity contribution < 1.29 is 13.2 Å². The first-order valence-corrected chi connectivity index (χ1v) is 11.0. The van der Waals surface area contributed by atoms with Crippen LogP contribution in [0.2, 0.25) is 0 Å². The summed E-state index contributed by atoms with van der Waals surface area (Å²) in [4.78, 5) is 19.2. The molecule has 2 aromatic rings. The zero-order valence-electron chi connectivity index (χ0n) is 16.8. The highest BCUT2D eigenvalue weighted by molar-refractivity contribution is 7.98. The summed E-state index contributed by atoms with van der Waals surface area (Å²) in [5.74, 6) is 0.487. The van der Waals surface area contributed by atoms with Crippen molar-refractivity contribution >= 4 is 11.8 Å². The van der Waals surface area contributed by atoms with Crippen LogP contribution in [-0.4, -0.2) is 34.1 Å². The molecule has 0 atom stereocenters. The van der Waals surface area contributed by atoms with Crippen LogP contribution in [0, 0.1) is 0 Å². The smallest absolute Gasteiger partial charge is 0.302 e. The number of halogens is 3. The molecular weight excluding hydrogens is 399 g/mol. The van der Waals surface area contributed by atoms with E-state index in [1.54, 1.807) is 0 Å². The quantitative estimate of drug-likeness (QED) is 0.465. The lowest BCUT2D eigenvalue weighted by Gasteiger charge is -2.20. The number of thioether (sulfide) groups is 1. The maximum absolute atomic E-state index is 12.7. The second-order valence-corrected chi connectivity index (χ2v) is 8.10. The summed E-state index contributed by atoms with van der Waals surface area (Å²) >= 11 is 1.43. The molecule has 0 fully saturated rings. The maximum atomic E-state index is 12.7. The monoisotopic (exact) mass is 425 g/mol. The number of benzene rings is 1. The van der Waals surface area contributed by atoms with Crippen LogP contribution in [0.5, 0.6) is 0 Å². The average Bonchev–Trinajstić information content (AvgIpc) is 3.18. The topological polar surface area (TPSA) is 38.1 Å². The van der Waals surface area contributed by atoms with Gasteiger partial charge < -0.3 is 4.90 Å². The highest BCUT2D eigenvalue weighted by Crippen LogP contribution is 2.32. The van der Waals surface area contributed by atoms with Crippen molar-refractivity contribution in [3.63, 3.8) is 0 Å². The van der Waals surface area contributed by atoms with E-state index in [-0.39, 0.29) is 5.69 Å². The van der Waals surface area contributed by atoms with Crippen molar-refractivity contribution in [2.75, 3.05) is 19.6 Å². The van der Waals surface area contributed by atoms with E-state index in [9.17, 15) is 18.0 Å². The van der Waals surface area contributed by atoms with Gasteiger partial charge in [-0.05, 0) is 50.0 Å². The Morgan fingerprint density at radius 3 is 2.45 bits per heavy atom. The molecule has 0 aliphatic heterocycles. The number of hydrogen-bond acceptors (Lipinski definition) is 4. The van der Waals surface area contributed by atoms with E-state index in [0.29, 0.717) is 12.3 Å². The standard InChI is InChI=1S/C21H26F3N3OS/c1-3-26(4-2)12-13-27-18-7-5-6-17(18)19(25-20(27)28)29-14-15-8-10-16(11-9-15)21(22,23)24/h8-11H,3-7,12-14H2,1-2H3. The molecular formula is C21H26F3N3OS. The fourth-order valence-electron chi connectivity index (χ4n) is 3.66. The Labute approximate surface area is 173 Å². The molecule has 3 rings (SSSR count). The van der Waals surface area contributed by atoms with Crippen LogP contribution >= 0.6 is 11.8 Å². The summed E-state index contributed by atoms with van der Waals surface area (Å²) in [5, 5.41) is 0.724. The van der Waals surface area contributed by atoms with E-state index in [2.05, 4.69) is 23.7 Å². The third-order valence-electron chi connectivity index (χ3n) is 5.39. The van der Waals surface area contributed by atoms with E-state index in [1.807, 2.05) is 4.57 Å². The van der Waals surface area contributed by atoms with Gasteiger partial charge in [0.2, 0.25) is 0 Å². The van der Waals surface area contributed by atoms with Crippen LogP contribution < -0.4 is 5.69 Å². The number of rotatable bonds is 8. The molecule has 0 amide bonds. The first-order valence-electron chi connectivity index (χ1n) is 9.97. The summed E-state index contributed by atoms with van der Waals surface area (Å²) in [6.07, 6.45) is -1.56. The summed E-state index contributed by atoms with van der Waals surface area (Å²) in [6.45, 7) is 7.56. The van der Waals surface area contributed by atoms with E-state index >= 15 is 0 Å². The molecule has 0 unspecified atom stereocenters. The van der Waals surface area contributed by atoms with Crippen LogP contribution in [0.1, 0.15) is 42.7 Å². The molecule has 158 valence electrons. The molecule has 0 radical (unpaired) electrons. The first kappa shape index (κ1) is 21.9. The minimum Gasteiger partial charge on any atom is -0.302 e. The molecule has 4 nitrogen and oxygen atoms in total. The largest absolute Gasteiger partial charge is 0.416 e. The van der Waals surface area contributed by atoms with Crippen LogP contribution in [-0.2, 0) is 31.3 Å². The average molecular weight is 426 g/mol. The highest BCUT2D eigenvalue weighted by Gasteiger charge is 2.30. The van der Waals surface area contributed by atoms with E-state index < -0.39 is 11.7 Å². The van der Waals surface area contributed by atoms with Crippen molar-refractivity contribution in [2.45, 2.75) is 56.6 Å². The van der Waals surface area contributed by atoms with Crippen molar-refractivity contribution in [3.05, 3.63) is 57.1 Å². The van der Waals surface area contributed by atoms with Crippen LogP contribution in [0.15, 0.2) is 34.1 Å². The van der Waals surface area contributed by atoms with Gasteiger partial charge in [-0.25, -0.2) is 4.79 Å². The Morgan fingerprint density at radius 2 is 1.83 bits per heavy atom. The van der Waals surface area contributed by atoms with E-state index in [4.69, 9.17) is 0 Å². The molecule has 1 aromatic heterocycles. The fraction of sp³-hybridized carbons (Fsp3) is 0.524. The fourth-order valence-corrected chi connectivity index (χ4v) is 4.69. The molecule has 8 heteroatoms. The van der Waals surface area contributed by atoms with Gasteiger partial charge in [-0.1, -0.05) is 26.0 Å². The third kappa shape index (κ3) is 5.22. The number of nitrogens with zero attached hydrogens (tertiary/aromatic N) is 3. The van der Waals surface area contributed by atoms with Crippen molar-refractivity contribution in [1.82, 2.24) is 14.5 Å². The van der Waals surface area contributed by atoms with Crippen molar-refractivity contribution in [3.8, 4) is 0 Å². The summed E-state index contributed by atoms with van der Waals surface area (Å²) < 4.78 is 39.9. The lowest BCUT2D eigenvalue weighted by atomic mass is 10.1. The van der Waals surface area contributed by atoms with Crippen LogP contribution in [0.25, 0.3) is 0 Å². The molecule has 0 spiro atoms. The Kier molecular flexibility index (Phi) is 7.05. The highest BCUT2D eigenvalue weighted by atomic mass is 32.2. The normalized spacial score (nSPS) is 13.9. The second kappa shape index (κ2) is 9.34. The maximum Gasteiger partial charge on any atom is 0.416 e. The summed E-state index contributed by atoms with van der Waals surface area (Å²) in [5.41, 5.74) is 2.10. The molecule has 0 N–H and O–H groups in total. The van der Waals surface area contributed by atoms with Gasteiger partial charge in [0.15, 0.2) is 0 Å². The minimum absolute atomic E-state index is 0.229. The lowest BCUT2D eigenvalue weighted by molar-refractivity contribution is -0.137. The van der Waals surface area contributed by atoms with E-state index in [1.165, 1.54) is 23.9 Å². The number of fused-ring (bicyclic) bond motifs is 1. The van der Waals surface area contributed by atoms with Crippen molar-refractivity contribution in [2.24, 2.45) is 0 Å². The predicted molar refractivity (Wildman–Crippen MR) is 109 cm³/mol.